The number of hydrogen-bond acceptors (Lipinski definition) is 2. The molecule has 2 rings (SSSR count). The van der Waals surface area contributed by atoms with Gasteiger partial charge in [0.1, 0.15) is 0 Å². The first-order valence-corrected chi connectivity index (χ1v) is 6.83. The molecule has 0 radical (unpaired) electrons. The van der Waals surface area contributed by atoms with Crippen molar-refractivity contribution in [3.8, 4) is 0 Å². The smallest absolute Gasteiger partial charge is 0.339 e. The molecule has 0 aliphatic heterocycles. The van der Waals surface area contributed by atoms with Crippen LogP contribution in [0.3, 0.4) is 0 Å². The summed E-state index contributed by atoms with van der Waals surface area (Å²) in [4.78, 5) is 23.7. The standard InChI is InChI=1S/C17H18N2O3/c1-11-7-3-5-9-13(11)17(15(20)21,19-16(18)22)14-10-6-4-8-12(14)2/h3-10H,1-2H3,(H,20,21)(H3,18,19,22). The fraction of sp³-hybridized carbons (Fsp3) is 0.176. The van der Waals surface area contributed by atoms with Crippen molar-refractivity contribution in [2.24, 2.45) is 5.73 Å². The minimum atomic E-state index is -1.72. The monoisotopic (exact) mass is 298 g/mol. The third-order valence-corrected chi connectivity index (χ3v) is 3.73. The van der Waals surface area contributed by atoms with Gasteiger partial charge in [0.15, 0.2) is 5.54 Å². The van der Waals surface area contributed by atoms with Crippen LogP contribution in [0.4, 0.5) is 4.79 Å². The van der Waals surface area contributed by atoms with Gasteiger partial charge >= 0.3 is 12.0 Å². The minimum absolute atomic E-state index is 0.482. The Labute approximate surface area is 128 Å². The molecule has 2 amide bonds. The maximum atomic E-state index is 12.2. The zero-order valence-electron chi connectivity index (χ0n) is 12.5. The number of urea groups is 1. The number of carbonyl (C=O) groups excluding carboxylic acids is 1. The molecule has 22 heavy (non-hydrogen) atoms. The van der Waals surface area contributed by atoms with Gasteiger partial charge in [-0.15, -0.1) is 0 Å². The molecule has 0 aromatic heterocycles. The number of aryl methyl sites for hydroxylation is 2. The predicted molar refractivity (Wildman–Crippen MR) is 83.5 cm³/mol. The van der Waals surface area contributed by atoms with Crippen LogP contribution in [0.1, 0.15) is 22.3 Å². The Bertz CT molecular complexity index is 680. The van der Waals surface area contributed by atoms with Gasteiger partial charge in [0.2, 0.25) is 0 Å². The molecule has 2 aromatic rings. The Morgan fingerprint density at radius 3 is 1.68 bits per heavy atom. The molecular formula is C17H18N2O3. The topological polar surface area (TPSA) is 92.4 Å². The van der Waals surface area contributed by atoms with Crippen molar-refractivity contribution in [1.29, 1.82) is 0 Å². The SMILES string of the molecule is Cc1ccccc1C(NC(N)=O)(C(=O)O)c1ccccc1C. The minimum Gasteiger partial charge on any atom is -0.479 e. The second-order valence-corrected chi connectivity index (χ2v) is 5.17. The van der Waals surface area contributed by atoms with Crippen LogP contribution in [-0.2, 0) is 10.3 Å². The van der Waals surface area contributed by atoms with Crippen molar-refractivity contribution >= 4 is 12.0 Å². The van der Waals surface area contributed by atoms with Gasteiger partial charge in [-0.05, 0) is 36.1 Å². The maximum Gasteiger partial charge on any atom is 0.339 e. The second-order valence-electron chi connectivity index (χ2n) is 5.17. The summed E-state index contributed by atoms with van der Waals surface area (Å²) in [6, 6.07) is 13.2. The largest absolute Gasteiger partial charge is 0.479 e. The summed E-state index contributed by atoms with van der Waals surface area (Å²) >= 11 is 0. The molecule has 0 spiro atoms. The fourth-order valence-corrected chi connectivity index (χ4v) is 2.74. The van der Waals surface area contributed by atoms with Crippen LogP contribution in [-0.4, -0.2) is 17.1 Å². The van der Waals surface area contributed by atoms with Crippen molar-refractivity contribution < 1.29 is 14.7 Å². The average Bonchev–Trinajstić information content (AvgIpc) is 2.45. The molecular weight excluding hydrogens is 280 g/mol. The maximum absolute atomic E-state index is 12.2. The fourth-order valence-electron chi connectivity index (χ4n) is 2.74. The summed E-state index contributed by atoms with van der Waals surface area (Å²) in [5.41, 5.74) is 6.03. The molecule has 114 valence electrons. The highest BCUT2D eigenvalue weighted by atomic mass is 16.4. The Balaban J connectivity index is 2.84. The van der Waals surface area contributed by atoms with E-state index in [1.165, 1.54) is 0 Å². The van der Waals surface area contributed by atoms with Crippen LogP contribution in [0.5, 0.6) is 0 Å². The van der Waals surface area contributed by atoms with Crippen LogP contribution in [0, 0.1) is 13.8 Å². The predicted octanol–water partition coefficient (Wildman–Crippen LogP) is 2.30. The average molecular weight is 298 g/mol. The first-order valence-electron chi connectivity index (χ1n) is 6.83. The van der Waals surface area contributed by atoms with E-state index in [2.05, 4.69) is 5.32 Å². The lowest BCUT2D eigenvalue weighted by molar-refractivity contribution is -0.143. The van der Waals surface area contributed by atoms with Gasteiger partial charge in [-0.2, -0.15) is 0 Å². The number of primary amides is 1. The van der Waals surface area contributed by atoms with E-state index in [0.29, 0.717) is 11.1 Å². The number of carboxylic acids is 1. The molecule has 4 N–H and O–H groups in total. The van der Waals surface area contributed by atoms with E-state index in [4.69, 9.17) is 5.73 Å². The molecule has 0 aliphatic rings. The van der Waals surface area contributed by atoms with Gasteiger partial charge < -0.3 is 16.2 Å². The van der Waals surface area contributed by atoms with Crippen LogP contribution >= 0.6 is 0 Å². The summed E-state index contributed by atoms with van der Waals surface area (Å²) < 4.78 is 0. The normalized spacial score (nSPS) is 11.0. The summed E-state index contributed by atoms with van der Waals surface area (Å²) in [6.07, 6.45) is 0. The quantitative estimate of drug-likeness (QED) is 0.808. The van der Waals surface area contributed by atoms with E-state index < -0.39 is 17.5 Å². The van der Waals surface area contributed by atoms with E-state index in [0.717, 1.165) is 11.1 Å². The zero-order chi connectivity index (χ0) is 16.3. The molecule has 0 unspecified atom stereocenters. The lowest BCUT2D eigenvalue weighted by Gasteiger charge is -2.33. The number of hydrogen-bond donors (Lipinski definition) is 3. The summed E-state index contributed by atoms with van der Waals surface area (Å²) in [5, 5.41) is 12.4. The third-order valence-electron chi connectivity index (χ3n) is 3.73. The summed E-state index contributed by atoms with van der Waals surface area (Å²) in [7, 11) is 0. The number of amides is 2. The molecule has 0 heterocycles. The van der Waals surface area contributed by atoms with E-state index in [1.807, 2.05) is 12.1 Å². The molecule has 2 aromatic carbocycles. The number of rotatable bonds is 4. The van der Waals surface area contributed by atoms with Crippen molar-refractivity contribution in [2.45, 2.75) is 19.4 Å². The van der Waals surface area contributed by atoms with Crippen LogP contribution in [0.2, 0.25) is 0 Å². The van der Waals surface area contributed by atoms with E-state index in [1.54, 1.807) is 50.2 Å². The zero-order valence-corrected chi connectivity index (χ0v) is 12.5. The second kappa shape index (κ2) is 5.89. The molecule has 5 nitrogen and oxygen atoms in total. The van der Waals surface area contributed by atoms with E-state index in [-0.39, 0.29) is 0 Å². The van der Waals surface area contributed by atoms with Gasteiger partial charge in [-0.3, -0.25) is 0 Å². The number of benzene rings is 2. The Hall–Kier alpha value is -2.82. The number of aliphatic carboxylic acids is 1. The van der Waals surface area contributed by atoms with Crippen molar-refractivity contribution in [1.82, 2.24) is 5.32 Å². The molecule has 0 fully saturated rings. The number of nitrogens with two attached hydrogens (primary N) is 1. The highest BCUT2D eigenvalue weighted by Crippen LogP contribution is 2.34. The van der Waals surface area contributed by atoms with Crippen LogP contribution < -0.4 is 11.1 Å². The Kier molecular flexibility index (Phi) is 4.17. The van der Waals surface area contributed by atoms with Gasteiger partial charge in [0, 0.05) is 0 Å². The van der Waals surface area contributed by atoms with Crippen molar-refractivity contribution in [3.63, 3.8) is 0 Å². The highest BCUT2D eigenvalue weighted by molar-refractivity contribution is 5.91. The van der Waals surface area contributed by atoms with Gasteiger partial charge in [-0.1, -0.05) is 48.5 Å². The molecule has 0 saturated carbocycles. The number of carboxylic acid groups (broad SMARTS) is 1. The first-order chi connectivity index (χ1) is 10.4. The van der Waals surface area contributed by atoms with Gasteiger partial charge in [0.25, 0.3) is 0 Å². The Morgan fingerprint density at radius 1 is 0.955 bits per heavy atom. The molecule has 5 heteroatoms. The molecule has 0 saturated heterocycles. The third kappa shape index (κ3) is 2.53. The summed E-state index contributed by atoms with van der Waals surface area (Å²) in [6.45, 7) is 3.60. The van der Waals surface area contributed by atoms with Gasteiger partial charge in [0.05, 0.1) is 0 Å². The van der Waals surface area contributed by atoms with E-state index in [9.17, 15) is 14.7 Å². The molecule has 0 aliphatic carbocycles. The van der Waals surface area contributed by atoms with Crippen molar-refractivity contribution in [2.75, 3.05) is 0 Å². The van der Waals surface area contributed by atoms with Crippen molar-refractivity contribution in [3.05, 3.63) is 70.8 Å². The highest BCUT2D eigenvalue weighted by Gasteiger charge is 2.45. The van der Waals surface area contributed by atoms with Crippen LogP contribution in [0.25, 0.3) is 0 Å². The first kappa shape index (κ1) is 15.6. The number of nitrogens with one attached hydrogen (secondary N) is 1. The van der Waals surface area contributed by atoms with Gasteiger partial charge in [-0.25, -0.2) is 9.59 Å². The number of carbonyl (C=O) groups is 2. The lowest BCUT2D eigenvalue weighted by atomic mass is 9.78. The lowest BCUT2D eigenvalue weighted by Crippen LogP contribution is -2.55. The van der Waals surface area contributed by atoms with E-state index >= 15 is 0 Å². The Morgan fingerprint density at radius 2 is 1.36 bits per heavy atom. The molecule has 0 atom stereocenters. The molecule has 0 bridgehead atoms. The van der Waals surface area contributed by atoms with Crippen LogP contribution in [0.15, 0.2) is 48.5 Å². The summed E-state index contributed by atoms with van der Waals surface area (Å²) in [5.74, 6) is -1.19.